The lowest BCUT2D eigenvalue weighted by Crippen LogP contribution is -2.29. The first-order chi connectivity index (χ1) is 10.5. The maximum absolute atomic E-state index is 10.8. The van der Waals surface area contributed by atoms with Crippen LogP contribution in [0.2, 0.25) is 0 Å². The van der Waals surface area contributed by atoms with E-state index in [-0.39, 0.29) is 7.43 Å². The number of ether oxygens (including phenoxy) is 2. The molecule has 0 amide bonds. The molecule has 0 aromatic carbocycles. The molecule has 3 N–H and O–H groups in total. The maximum Gasteiger partial charge on any atom is 0.208 e. The van der Waals surface area contributed by atoms with Crippen LogP contribution in [0.3, 0.4) is 0 Å². The predicted octanol–water partition coefficient (Wildman–Crippen LogP) is 1.75. The summed E-state index contributed by atoms with van der Waals surface area (Å²) < 4.78 is 34.8. The molecule has 2 aliphatic rings. The lowest BCUT2D eigenvalue weighted by Gasteiger charge is -2.12. The fourth-order valence-electron chi connectivity index (χ4n) is 2.56. The topological polar surface area (TPSA) is 90.7 Å². The van der Waals surface area contributed by atoms with Crippen molar-refractivity contribution in [3.8, 4) is 0 Å². The summed E-state index contributed by atoms with van der Waals surface area (Å²) in [6.45, 7) is 4.63. The van der Waals surface area contributed by atoms with Crippen LogP contribution in [0.5, 0.6) is 0 Å². The molecule has 2 rings (SSSR count). The number of hydrogen-bond acceptors (Lipinski definition) is 5. The molecule has 2 saturated heterocycles. The van der Waals surface area contributed by atoms with Crippen molar-refractivity contribution >= 4 is 10.0 Å². The van der Waals surface area contributed by atoms with Gasteiger partial charge in [0.15, 0.2) is 0 Å². The van der Waals surface area contributed by atoms with Gasteiger partial charge in [0.05, 0.1) is 19.5 Å². The van der Waals surface area contributed by atoms with E-state index in [1.54, 1.807) is 0 Å². The highest BCUT2D eigenvalue weighted by molar-refractivity contribution is 7.88. The number of nitrogens with one attached hydrogen (secondary N) is 1. The summed E-state index contributed by atoms with van der Waals surface area (Å²) in [4.78, 5) is 0. The molecule has 23 heavy (non-hydrogen) atoms. The van der Waals surface area contributed by atoms with E-state index in [9.17, 15) is 8.42 Å². The van der Waals surface area contributed by atoms with Crippen LogP contribution in [0.15, 0.2) is 0 Å². The van der Waals surface area contributed by atoms with E-state index < -0.39 is 10.0 Å². The van der Waals surface area contributed by atoms with Gasteiger partial charge in [-0.05, 0) is 44.1 Å². The molecule has 2 aliphatic heterocycles. The van der Waals surface area contributed by atoms with Crippen LogP contribution in [0, 0.1) is 11.8 Å². The largest absolute Gasteiger partial charge is 0.381 e. The molecule has 2 unspecified atom stereocenters. The number of sulfonamides is 1. The molecule has 0 radical (unpaired) electrons. The van der Waals surface area contributed by atoms with Crippen LogP contribution in [0.4, 0.5) is 0 Å². The minimum Gasteiger partial charge on any atom is -0.381 e. The Kier molecular flexibility index (Phi) is 13.0. The molecule has 0 aromatic rings. The van der Waals surface area contributed by atoms with Gasteiger partial charge in [0.1, 0.15) is 0 Å². The van der Waals surface area contributed by atoms with Crippen molar-refractivity contribution in [3.05, 3.63) is 0 Å². The molecule has 0 bridgehead atoms. The normalized spacial score (nSPS) is 26.0. The Balaban J connectivity index is 0.000000427. The van der Waals surface area contributed by atoms with Gasteiger partial charge < -0.3 is 15.2 Å². The number of nitrogens with two attached hydrogens (primary N) is 1. The van der Waals surface area contributed by atoms with Gasteiger partial charge in [-0.15, -0.1) is 0 Å². The van der Waals surface area contributed by atoms with Gasteiger partial charge in [0.25, 0.3) is 0 Å². The van der Waals surface area contributed by atoms with Gasteiger partial charge in [-0.25, -0.2) is 13.1 Å². The summed E-state index contributed by atoms with van der Waals surface area (Å²) in [6, 6.07) is 0. The van der Waals surface area contributed by atoms with Crippen LogP contribution in [0.25, 0.3) is 0 Å². The van der Waals surface area contributed by atoms with E-state index in [1.807, 2.05) is 0 Å². The van der Waals surface area contributed by atoms with E-state index >= 15 is 0 Å². The minimum atomic E-state index is -3.04. The van der Waals surface area contributed by atoms with Crippen LogP contribution in [-0.4, -0.2) is 54.2 Å². The van der Waals surface area contributed by atoms with Gasteiger partial charge in [-0.1, -0.05) is 20.3 Å². The first kappa shape index (κ1) is 22.8. The highest BCUT2D eigenvalue weighted by Crippen LogP contribution is 2.13. The summed E-state index contributed by atoms with van der Waals surface area (Å²) in [7, 11) is -3.04. The molecule has 0 saturated carbocycles. The Morgan fingerprint density at radius 2 is 1.52 bits per heavy atom. The SMILES string of the molecule is C.CS(=O)(=O)NCC1CCCCOC1.NCC1CCCCOC1. The highest BCUT2D eigenvalue weighted by Gasteiger charge is 2.14. The molecule has 6 nitrogen and oxygen atoms in total. The van der Waals surface area contributed by atoms with Gasteiger partial charge in [0.2, 0.25) is 10.0 Å². The fourth-order valence-corrected chi connectivity index (χ4v) is 3.10. The molecule has 7 heteroatoms. The Hall–Kier alpha value is -0.210. The number of hydrogen-bond donors (Lipinski definition) is 2. The Morgan fingerprint density at radius 1 is 1.00 bits per heavy atom. The van der Waals surface area contributed by atoms with Crippen molar-refractivity contribution < 1.29 is 17.9 Å². The Morgan fingerprint density at radius 3 is 2.04 bits per heavy atom. The average Bonchev–Trinajstić information content (AvgIpc) is 2.89. The summed E-state index contributed by atoms with van der Waals surface area (Å²) in [5.74, 6) is 0.977. The van der Waals surface area contributed by atoms with E-state index in [0.29, 0.717) is 25.0 Å². The summed E-state index contributed by atoms with van der Waals surface area (Å²) in [6.07, 6.45) is 8.24. The van der Waals surface area contributed by atoms with E-state index in [2.05, 4.69) is 4.72 Å². The lowest BCUT2D eigenvalue weighted by molar-refractivity contribution is 0.117. The first-order valence-electron chi connectivity index (χ1n) is 8.31. The fraction of sp³-hybridized carbons (Fsp3) is 1.00. The molecule has 140 valence electrons. The third kappa shape index (κ3) is 12.8. The summed E-state index contributed by atoms with van der Waals surface area (Å²) in [5, 5.41) is 0. The van der Waals surface area contributed by atoms with E-state index in [4.69, 9.17) is 15.2 Å². The molecular formula is C16H36N2O4S. The van der Waals surface area contributed by atoms with Crippen molar-refractivity contribution in [2.24, 2.45) is 17.6 Å². The zero-order chi connectivity index (χ0) is 16.3. The summed E-state index contributed by atoms with van der Waals surface area (Å²) in [5.41, 5.74) is 5.49. The third-order valence-corrected chi connectivity index (χ3v) is 4.67. The van der Waals surface area contributed by atoms with Crippen molar-refractivity contribution in [3.63, 3.8) is 0 Å². The molecule has 2 heterocycles. The van der Waals surface area contributed by atoms with Gasteiger partial charge >= 0.3 is 0 Å². The average molecular weight is 353 g/mol. The molecule has 0 aliphatic carbocycles. The predicted molar refractivity (Wildman–Crippen MR) is 95.0 cm³/mol. The molecule has 2 fully saturated rings. The monoisotopic (exact) mass is 352 g/mol. The second-order valence-corrected chi connectivity index (χ2v) is 8.06. The van der Waals surface area contributed by atoms with Crippen LogP contribution >= 0.6 is 0 Å². The van der Waals surface area contributed by atoms with Crippen molar-refractivity contribution in [1.82, 2.24) is 4.72 Å². The van der Waals surface area contributed by atoms with Crippen LogP contribution in [-0.2, 0) is 19.5 Å². The smallest absolute Gasteiger partial charge is 0.208 e. The van der Waals surface area contributed by atoms with Gasteiger partial charge in [-0.2, -0.15) is 0 Å². The maximum atomic E-state index is 10.8. The van der Waals surface area contributed by atoms with Crippen molar-refractivity contribution in [2.75, 3.05) is 45.8 Å². The number of rotatable bonds is 4. The van der Waals surface area contributed by atoms with Crippen molar-refractivity contribution in [2.45, 2.75) is 46.0 Å². The third-order valence-electron chi connectivity index (χ3n) is 3.98. The standard InChI is InChI=1S/C8H17NO3S.C7H15NO.CH4/c1-13(10,11)9-6-8-4-2-3-5-12-7-8;8-5-7-3-1-2-4-9-6-7;/h8-9H,2-7H2,1H3;7H,1-6,8H2;1H4. The Labute approximate surface area is 142 Å². The first-order valence-corrected chi connectivity index (χ1v) is 10.2. The second-order valence-electron chi connectivity index (χ2n) is 6.23. The van der Waals surface area contributed by atoms with Gasteiger partial charge in [-0.3, -0.25) is 0 Å². The second kappa shape index (κ2) is 13.1. The zero-order valence-electron chi connectivity index (χ0n) is 13.8. The van der Waals surface area contributed by atoms with Crippen molar-refractivity contribution in [1.29, 1.82) is 0 Å². The lowest BCUT2D eigenvalue weighted by atomic mass is 10.0. The molecule has 0 spiro atoms. The van der Waals surface area contributed by atoms with E-state index in [0.717, 1.165) is 45.6 Å². The van der Waals surface area contributed by atoms with Gasteiger partial charge in [0, 0.05) is 19.8 Å². The molecule has 2 atom stereocenters. The highest BCUT2D eigenvalue weighted by atomic mass is 32.2. The van der Waals surface area contributed by atoms with Crippen LogP contribution < -0.4 is 10.5 Å². The molecular weight excluding hydrogens is 316 g/mol. The van der Waals surface area contributed by atoms with Crippen LogP contribution in [0.1, 0.15) is 46.0 Å². The Bertz CT molecular complexity index is 360. The minimum absolute atomic E-state index is 0. The molecule has 0 aromatic heterocycles. The van der Waals surface area contributed by atoms with E-state index in [1.165, 1.54) is 25.5 Å². The quantitative estimate of drug-likeness (QED) is 0.804. The zero-order valence-corrected chi connectivity index (χ0v) is 14.6. The summed E-state index contributed by atoms with van der Waals surface area (Å²) >= 11 is 0.